The van der Waals surface area contributed by atoms with E-state index in [4.69, 9.17) is 0 Å². The van der Waals surface area contributed by atoms with Crippen molar-refractivity contribution in [1.29, 1.82) is 0 Å². The summed E-state index contributed by atoms with van der Waals surface area (Å²) < 4.78 is 4.59. The quantitative estimate of drug-likeness (QED) is 0.330. The van der Waals surface area contributed by atoms with Crippen LogP contribution in [-0.4, -0.2) is 35.8 Å². The number of nitrogens with zero attached hydrogens (tertiary/aromatic N) is 5. The van der Waals surface area contributed by atoms with E-state index in [0.717, 1.165) is 27.7 Å². The summed E-state index contributed by atoms with van der Waals surface area (Å²) in [6, 6.07) is 13.5. The lowest BCUT2D eigenvalue weighted by molar-refractivity contribution is -0.113. The van der Waals surface area contributed by atoms with Gasteiger partial charge in [0.15, 0.2) is 10.3 Å². The first kappa shape index (κ1) is 22.5. The Balaban J connectivity index is 1.42. The molecule has 0 bridgehead atoms. The van der Waals surface area contributed by atoms with Gasteiger partial charge in [-0.05, 0) is 49.1 Å². The molecule has 1 amide bonds. The highest BCUT2D eigenvalue weighted by Gasteiger charge is 2.18. The number of thiazole rings is 1. The number of hydrogen-bond donors (Lipinski definition) is 1. The normalized spacial score (nSPS) is 11.8. The Morgan fingerprint density at radius 1 is 1.18 bits per heavy atom. The van der Waals surface area contributed by atoms with Crippen LogP contribution in [-0.2, 0) is 11.3 Å². The average Bonchev–Trinajstić information content (AvgIpc) is 3.40. The van der Waals surface area contributed by atoms with Crippen molar-refractivity contribution >= 4 is 61.0 Å². The van der Waals surface area contributed by atoms with Crippen molar-refractivity contribution < 1.29 is 4.79 Å². The summed E-state index contributed by atoms with van der Waals surface area (Å²) in [5.41, 5.74) is 2.68. The minimum absolute atomic E-state index is 0.0727. The van der Waals surface area contributed by atoms with Crippen molar-refractivity contribution in [2.24, 2.45) is 5.92 Å². The Bertz CT molecular complexity index is 1580. The molecule has 5 rings (SSSR count). The number of fused-ring (bicyclic) bond motifs is 4. The first-order chi connectivity index (χ1) is 16.4. The molecule has 0 spiro atoms. The van der Waals surface area contributed by atoms with E-state index in [1.54, 1.807) is 4.57 Å². The van der Waals surface area contributed by atoms with E-state index in [0.29, 0.717) is 33.9 Å². The SMILES string of the molecule is Cc1ccc2nc(NC(=O)CSc3nnc4n(CCC(C)C)c(=O)c5ccccc5n34)sc2c1. The molecular weight excluding hydrogens is 468 g/mol. The molecular formula is C24H24N6O2S2. The zero-order chi connectivity index (χ0) is 23.8. The summed E-state index contributed by atoms with van der Waals surface area (Å²) in [6.45, 7) is 6.84. The van der Waals surface area contributed by atoms with Gasteiger partial charge in [-0.2, -0.15) is 0 Å². The average molecular weight is 493 g/mol. The molecule has 0 aliphatic heterocycles. The number of thioether (sulfide) groups is 1. The second-order valence-corrected chi connectivity index (χ2v) is 10.6. The van der Waals surface area contributed by atoms with Crippen LogP contribution in [0.5, 0.6) is 0 Å². The van der Waals surface area contributed by atoms with Gasteiger partial charge in [0.05, 0.1) is 26.9 Å². The molecule has 5 aromatic rings. The summed E-state index contributed by atoms with van der Waals surface area (Å²) in [5.74, 6) is 0.920. The van der Waals surface area contributed by atoms with Gasteiger partial charge >= 0.3 is 0 Å². The number of benzene rings is 2. The van der Waals surface area contributed by atoms with Gasteiger partial charge in [0.25, 0.3) is 5.56 Å². The Hall–Kier alpha value is -3.24. The predicted molar refractivity (Wildman–Crippen MR) is 138 cm³/mol. The van der Waals surface area contributed by atoms with Gasteiger partial charge in [0, 0.05) is 6.54 Å². The summed E-state index contributed by atoms with van der Waals surface area (Å²) in [4.78, 5) is 30.3. The number of hydrogen-bond acceptors (Lipinski definition) is 7. The molecule has 3 aromatic heterocycles. The fraction of sp³-hybridized carbons (Fsp3) is 0.292. The van der Waals surface area contributed by atoms with Gasteiger partial charge in [0.1, 0.15) is 0 Å². The molecule has 10 heteroatoms. The van der Waals surface area contributed by atoms with Gasteiger partial charge in [-0.3, -0.25) is 18.6 Å². The summed E-state index contributed by atoms with van der Waals surface area (Å²) >= 11 is 2.74. The van der Waals surface area contributed by atoms with Gasteiger partial charge in [-0.25, -0.2) is 4.98 Å². The fourth-order valence-electron chi connectivity index (χ4n) is 3.79. The maximum absolute atomic E-state index is 13.1. The second kappa shape index (κ2) is 9.19. The van der Waals surface area contributed by atoms with Crippen LogP contribution < -0.4 is 10.9 Å². The van der Waals surface area contributed by atoms with Crippen molar-refractivity contribution in [1.82, 2.24) is 24.1 Å². The predicted octanol–water partition coefficient (Wildman–Crippen LogP) is 4.74. The molecule has 1 N–H and O–H groups in total. The lowest BCUT2D eigenvalue weighted by atomic mass is 10.1. The number of carbonyl (C=O) groups excluding carboxylic acids is 1. The van der Waals surface area contributed by atoms with E-state index in [-0.39, 0.29) is 17.2 Å². The van der Waals surface area contributed by atoms with Crippen molar-refractivity contribution in [3.05, 3.63) is 58.4 Å². The highest BCUT2D eigenvalue weighted by molar-refractivity contribution is 7.99. The molecule has 3 heterocycles. The summed E-state index contributed by atoms with van der Waals surface area (Å²) in [5, 5.41) is 13.3. The molecule has 8 nitrogen and oxygen atoms in total. The minimum atomic E-state index is -0.171. The zero-order valence-corrected chi connectivity index (χ0v) is 20.7. The van der Waals surface area contributed by atoms with Crippen molar-refractivity contribution in [3.8, 4) is 0 Å². The Morgan fingerprint density at radius 2 is 2.00 bits per heavy atom. The molecule has 0 saturated carbocycles. The van der Waals surface area contributed by atoms with Gasteiger partial charge in [0.2, 0.25) is 11.7 Å². The summed E-state index contributed by atoms with van der Waals surface area (Å²) in [6.07, 6.45) is 0.855. The van der Waals surface area contributed by atoms with E-state index < -0.39 is 0 Å². The van der Waals surface area contributed by atoms with Crippen LogP contribution in [0.1, 0.15) is 25.8 Å². The largest absolute Gasteiger partial charge is 0.301 e. The molecule has 0 aliphatic carbocycles. The smallest absolute Gasteiger partial charge is 0.262 e. The van der Waals surface area contributed by atoms with E-state index >= 15 is 0 Å². The standard InChI is InChI=1S/C24H24N6O2S2/c1-14(2)10-11-29-21(32)16-6-4-5-7-18(16)30-23(29)27-28-24(30)33-13-20(31)26-22-25-17-9-8-15(3)12-19(17)34-22/h4-9,12,14H,10-11,13H2,1-3H3,(H,25,26,31). The monoisotopic (exact) mass is 492 g/mol. The molecule has 0 radical (unpaired) electrons. The Kier molecular flexibility index (Phi) is 6.09. The fourth-order valence-corrected chi connectivity index (χ4v) is 5.51. The third-order valence-electron chi connectivity index (χ3n) is 5.53. The number of rotatable bonds is 7. The highest BCUT2D eigenvalue weighted by Crippen LogP contribution is 2.27. The lowest BCUT2D eigenvalue weighted by Gasteiger charge is -2.12. The number of para-hydroxylation sites is 1. The van der Waals surface area contributed by atoms with Crippen LogP contribution >= 0.6 is 23.1 Å². The Morgan fingerprint density at radius 3 is 2.82 bits per heavy atom. The first-order valence-electron chi connectivity index (χ1n) is 11.1. The zero-order valence-electron chi connectivity index (χ0n) is 19.1. The van der Waals surface area contributed by atoms with Crippen molar-refractivity contribution in [3.63, 3.8) is 0 Å². The molecule has 34 heavy (non-hydrogen) atoms. The van der Waals surface area contributed by atoms with E-state index in [1.165, 1.54) is 23.1 Å². The lowest BCUT2D eigenvalue weighted by Crippen LogP contribution is -2.24. The van der Waals surface area contributed by atoms with Crippen molar-refractivity contribution in [2.45, 2.75) is 38.9 Å². The third kappa shape index (κ3) is 4.30. The van der Waals surface area contributed by atoms with Gasteiger partial charge in [-0.15, -0.1) is 10.2 Å². The first-order valence-corrected chi connectivity index (χ1v) is 12.9. The summed E-state index contributed by atoms with van der Waals surface area (Å²) in [7, 11) is 0. The third-order valence-corrected chi connectivity index (χ3v) is 7.39. The topological polar surface area (TPSA) is 94.2 Å². The molecule has 0 fully saturated rings. The molecule has 2 aromatic carbocycles. The van der Waals surface area contributed by atoms with E-state index in [9.17, 15) is 9.59 Å². The Labute approximate surface area is 204 Å². The van der Waals surface area contributed by atoms with Gasteiger partial charge < -0.3 is 5.32 Å². The maximum atomic E-state index is 13.1. The van der Waals surface area contributed by atoms with Gasteiger partial charge in [-0.1, -0.05) is 55.1 Å². The maximum Gasteiger partial charge on any atom is 0.262 e. The number of carbonyl (C=O) groups is 1. The molecule has 0 saturated heterocycles. The van der Waals surface area contributed by atoms with E-state index in [2.05, 4.69) is 40.4 Å². The highest BCUT2D eigenvalue weighted by atomic mass is 32.2. The molecule has 0 unspecified atom stereocenters. The number of amides is 1. The van der Waals surface area contributed by atoms with Crippen LogP contribution in [0.3, 0.4) is 0 Å². The molecule has 0 atom stereocenters. The van der Waals surface area contributed by atoms with Crippen molar-refractivity contribution in [2.75, 3.05) is 11.1 Å². The number of nitrogens with one attached hydrogen (secondary N) is 1. The van der Waals surface area contributed by atoms with Crippen LogP contribution in [0.25, 0.3) is 26.9 Å². The van der Waals surface area contributed by atoms with Crippen LogP contribution in [0, 0.1) is 12.8 Å². The van der Waals surface area contributed by atoms with Crippen LogP contribution in [0.4, 0.5) is 5.13 Å². The van der Waals surface area contributed by atoms with Crippen LogP contribution in [0.2, 0.25) is 0 Å². The number of aromatic nitrogens is 5. The number of aryl methyl sites for hydroxylation is 2. The minimum Gasteiger partial charge on any atom is -0.301 e. The van der Waals surface area contributed by atoms with E-state index in [1.807, 2.05) is 47.7 Å². The number of anilines is 1. The molecule has 0 aliphatic rings. The van der Waals surface area contributed by atoms with Crippen LogP contribution in [0.15, 0.2) is 52.4 Å². The second-order valence-electron chi connectivity index (χ2n) is 8.60. The molecule has 174 valence electrons.